The molecule has 1 aromatic rings. The highest BCUT2D eigenvalue weighted by molar-refractivity contribution is 6.30. The molecule has 5 heteroatoms. The van der Waals surface area contributed by atoms with Gasteiger partial charge in [0.15, 0.2) is 0 Å². The number of hydrogen-bond acceptors (Lipinski definition) is 2. The molecule has 0 N–H and O–H groups in total. The van der Waals surface area contributed by atoms with E-state index in [0.717, 1.165) is 24.1 Å². The van der Waals surface area contributed by atoms with Gasteiger partial charge in [-0.2, -0.15) is 5.10 Å². The van der Waals surface area contributed by atoms with Crippen molar-refractivity contribution in [3.05, 3.63) is 29.3 Å². The van der Waals surface area contributed by atoms with E-state index in [1.165, 1.54) is 0 Å². The van der Waals surface area contributed by atoms with Crippen LogP contribution in [0.1, 0.15) is 20.3 Å². The molecule has 0 bridgehead atoms. The Kier molecular flexibility index (Phi) is 5.35. The predicted molar refractivity (Wildman–Crippen MR) is 68.2 cm³/mol. The number of nitrogens with zero attached hydrogens (tertiary/aromatic N) is 2. The van der Waals surface area contributed by atoms with Crippen molar-refractivity contribution in [2.24, 2.45) is 5.10 Å². The number of rotatable bonds is 1. The van der Waals surface area contributed by atoms with E-state index < -0.39 is 6.43 Å². The summed E-state index contributed by atoms with van der Waals surface area (Å²) >= 11 is 5.89. The van der Waals surface area contributed by atoms with E-state index in [-0.39, 0.29) is 0 Å². The molecule has 1 heterocycles. The highest BCUT2D eigenvalue weighted by atomic mass is 35.5. The lowest BCUT2D eigenvalue weighted by Gasteiger charge is -2.20. The van der Waals surface area contributed by atoms with Gasteiger partial charge >= 0.3 is 0 Å². The van der Waals surface area contributed by atoms with Gasteiger partial charge in [-0.05, 0) is 32.0 Å². The maximum atomic E-state index is 10.3. The molecule has 1 aliphatic rings. The monoisotopic (exact) mass is 260 g/mol. The fourth-order valence-electron chi connectivity index (χ4n) is 1.44. The molecule has 0 aromatic heterocycles. The van der Waals surface area contributed by atoms with Gasteiger partial charge in [-0.25, -0.2) is 8.78 Å². The number of benzene rings is 1. The zero-order valence-electron chi connectivity index (χ0n) is 9.78. The Hall–Kier alpha value is -1.16. The molecule has 0 saturated heterocycles. The highest BCUT2D eigenvalue weighted by Crippen LogP contribution is 2.24. The summed E-state index contributed by atoms with van der Waals surface area (Å²) in [5.74, 6) is 0. The minimum absolute atomic E-state index is 0.443. The summed E-state index contributed by atoms with van der Waals surface area (Å²) < 4.78 is 20.7. The summed E-state index contributed by atoms with van der Waals surface area (Å²) in [6.07, 6.45) is 0.776. The van der Waals surface area contributed by atoms with Crippen LogP contribution in [0, 0.1) is 0 Å². The van der Waals surface area contributed by atoms with Crippen LogP contribution in [-0.2, 0) is 0 Å². The average Bonchev–Trinajstić information content (AvgIpc) is 2.63. The van der Waals surface area contributed by atoms with Crippen LogP contribution in [0.5, 0.6) is 0 Å². The molecule has 17 heavy (non-hydrogen) atoms. The molecule has 0 spiro atoms. The minimum atomic E-state index is -2.17. The molecule has 1 unspecified atom stereocenters. The van der Waals surface area contributed by atoms with Crippen molar-refractivity contribution in [1.29, 1.82) is 0 Å². The lowest BCUT2D eigenvalue weighted by atomic mass is 10.2. The Balaban J connectivity index is 0.000000317. The van der Waals surface area contributed by atoms with Crippen molar-refractivity contribution < 1.29 is 8.78 Å². The first kappa shape index (κ1) is 13.9. The molecule has 0 fully saturated rings. The van der Waals surface area contributed by atoms with Crippen LogP contribution in [0.3, 0.4) is 0 Å². The first-order valence-electron chi connectivity index (χ1n) is 5.36. The molecule has 1 atom stereocenters. The maximum Gasteiger partial charge on any atom is 0.235 e. The van der Waals surface area contributed by atoms with Gasteiger partial charge < -0.3 is 0 Å². The van der Waals surface area contributed by atoms with Crippen LogP contribution in [-0.4, -0.2) is 18.7 Å². The summed E-state index contributed by atoms with van der Waals surface area (Å²) in [5, 5.41) is 7.03. The quantitative estimate of drug-likeness (QED) is 0.739. The van der Waals surface area contributed by atoms with E-state index in [9.17, 15) is 8.78 Å². The number of alkyl halides is 2. The van der Waals surface area contributed by atoms with Gasteiger partial charge in [0.25, 0.3) is 0 Å². The second kappa shape index (κ2) is 6.55. The largest absolute Gasteiger partial charge is 0.263 e. The lowest BCUT2D eigenvalue weighted by Crippen LogP contribution is -2.22. The fourth-order valence-corrected chi connectivity index (χ4v) is 1.63. The standard InChI is InChI=1S/C10H11ClN2.C2H4F2/c1-8-5-6-12-13(8)10-4-2-3-9(11)7-10;1-2(3)4/h2-4,6-8H,5H2,1H3;2H,1H3. The van der Waals surface area contributed by atoms with E-state index >= 15 is 0 Å². The van der Waals surface area contributed by atoms with Crippen LogP contribution < -0.4 is 5.01 Å². The molecule has 2 rings (SSSR count). The SMILES string of the molecule is CC(F)F.CC1CC=NN1c1cccc(Cl)c1. The Morgan fingerprint density at radius 3 is 2.59 bits per heavy atom. The van der Waals surface area contributed by atoms with Crippen LogP contribution in [0.15, 0.2) is 29.4 Å². The van der Waals surface area contributed by atoms with E-state index in [4.69, 9.17) is 11.6 Å². The van der Waals surface area contributed by atoms with Gasteiger partial charge in [-0.15, -0.1) is 0 Å². The summed E-state index contributed by atoms with van der Waals surface area (Å²) in [6.45, 7) is 2.98. The van der Waals surface area contributed by atoms with Gasteiger partial charge in [-0.3, -0.25) is 5.01 Å². The van der Waals surface area contributed by atoms with Crippen LogP contribution in [0.25, 0.3) is 0 Å². The van der Waals surface area contributed by atoms with Crippen LogP contribution in [0.4, 0.5) is 14.5 Å². The molecule has 2 nitrogen and oxygen atoms in total. The Bertz CT molecular complexity index is 380. The number of hydrogen-bond donors (Lipinski definition) is 0. The Labute approximate surface area is 105 Å². The fraction of sp³-hybridized carbons (Fsp3) is 0.417. The van der Waals surface area contributed by atoms with Crippen LogP contribution in [0.2, 0.25) is 5.02 Å². The first-order chi connectivity index (χ1) is 8.00. The Morgan fingerprint density at radius 2 is 2.12 bits per heavy atom. The third kappa shape index (κ3) is 4.69. The number of halogens is 3. The zero-order chi connectivity index (χ0) is 12.8. The van der Waals surface area contributed by atoms with Gasteiger partial charge in [0, 0.05) is 17.7 Å². The summed E-state index contributed by atoms with van der Waals surface area (Å²) in [7, 11) is 0. The van der Waals surface area contributed by atoms with Crippen molar-refractivity contribution in [2.45, 2.75) is 32.7 Å². The van der Waals surface area contributed by atoms with Gasteiger partial charge in [0.2, 0.25) is 6.43 Å². The molecule has 0 saturated carbocycles. The van der Waals surface area contributed by atoms with Crippen molar-refractivity contribution in [1.82, 2.24) is 0 Å². The normalized spacial score (nSPS) is 18.2. The average molecular weight is 261 g/mol. The molecule has 1 aromatic carbocycles. The van der Waals surface area contributed by atoms with E-state index in [1.54, 1.807) is 0 Å². The zero-order valence-corrected chi connectivity index (χ0v) is 10.5. The molecule has 0 aliphatic carbocycles. The molecular formula is C12H15ClF2N2. The smallest absolute Gasteiger partial charge is 0.235 e. The maximum absolute atomic E-state index is 10.3. The van der Waals surface area contributed by atoms with Gasteiger partial charge in [-0.1, -0.05) is 17.7 Å². The third-order valence-corrected chi connectivity index (χ3v) is 2.38. The highest BCUT2D eigenvalue weighted by Gasteiger charge is 2.16. The predicted octanol–water partition coefficient (Wildman–Crippen LogP) is 4.20. The topological polar surface area (TPSA) is 15.6 Å². The molecule has 0 amide bonds. The first-order valence-corrected chi connectivity index (χ1v) is 5.74. The van der Waals surface area contributed by atoms with Gasteiger partial charge in [0.05, 0.1) is 11.7 Å². The second-order valence-electron chi connectivity index (χ2n) is 3.73. The number of anilines is 1. The van der Waals surface area contributed by atoms with Crippen LogP contribution >= 0.6 is 11.6 Å². The summed E-state index contributed by atoms with van der Waals surface area (Å²) in [5.41, 5.74) is 1.06. The third-order valence-electron chi connectivity index (χ3n) is 2.14. The van der Waals surface area contributed by atoms with Crippen molar-refractivity contribution in [3.8, 4) is 0 Å². The second-order valence-corrected chi connectivity index (χ2v) is 4.16. The number of hydrazone groups is 1. The molecule has 94 valence electrons. The van der Waals surface area contributed by atoms with Crippen molar-refractivity contribution in [2.75, 3.05) is 5.01 Å². The lowest BCUT2D eigenvalue weighted by molar-refractivity contribution is 0.171. The van der Waals surface area contributed by atoms with Crippen molar-refractivity contribution in [3.63, 3.8) is 0 Å². The van der Waals surface area contributed by atoms with Crippen molar-refractivity contribution >= 4 is 23.5 Å². The van der Waals surface area contributed by atoms with Gasteiger partial charge in [0.1, 0.15) is 0 Å². The molecular weight excluding hydrogens is 246 g/mol. The van der Waals surface area contributed by atoms with E-state index in [1.807, 2.05) is 35.5 Å². The minimum Gasteiger partial charge on any atom is -0.263 e. The molecule has 0 radical (unpaired) electrons. The Morgan fingerprint density at radius 1 is 1.47 bits per heavy atom. The van der Waals surface area contributed by atoms with E-state index in [0.29, 0.717) is 6.04 Å². The molecule has 1 aliphatic heterocycles. The summed E-state index contributed by atoms with van der Waals surface area (Å²) in [4.78, 5) is 0. The summed E-state index contributed by atoms with van der Waals surface area (Å²) in [6, 6.07) is 8.21. The van der Waals surface area contributed by atoms with E-state index in [2.05, 4.69) is 12.0 Å².